The molecule has 0 saturated carbocycles. The minimum Gasteiger partial charge on any atom is -0.482 e. The third-order valence-corrected chi connectivity index (χ3v) is 1.33. The van der Waals surface area contributed by atoms with Crippen LogP contribution in [0.3, 0.4) is 0 Å². The highest BCUT2D eigenvalue weighted by Crippen LogP contribution is 2.17. The number of halogens is 1. The van der Waals surface area contributed by atoms with Crippen LogP contribution < -0.4 is 10.5 Å². The molecule has 0 aromatic heterocycles. The average molecular weight is 185 g/mol. The standard InChI is InChI=1S/C8H8FNO3/c9-6-2-1-5(3-7(6)10)13-4-8(11)12/h1-3H,4,10H2,(H,11,12). The van der Waals surface area contributed by atoms with Crippen LogP contribution in [0, 0.1) is 5.82 Å². The van der Waals surface area contributed by atoms with Crippen molar-refractivity contribution in [2.75, 3.05) is 12.3 Å². The highest BCUT2D eigenvalue weighted by atomic mass is 19.1. The van der Waals surface area contributed by atoms with Crippen LogP contribution in [0.1, 0.15) is 0 Å². The van der Waals surface area contributed by atoms with E-state index >= 15 is 0 Å². The summed E-state index contributed by atoms with van der Waals surface area (Å²) in [4.78, 5) is 10.1. The fourth-order valence-electron chi connectivity index (χ4n) is 0.757. The molecule has 70 valence electrons. The molecule has 0 aliphatic carbocycles. The lowest BCUT2D eigenvalue weighted by atomic mass is 10.3. The Kier molecular flexibility index (Phi) is 2.69. The van der Waals surface area contributed by atoms with Gasteiger partial charge in [0.1, 0.15) is 11.6 Å². The van der Waals surface area contributed by atoms with Crippen LogP contribution in [0.15, 0.2) is 18.2 Å². The lowest BCUT2D eigenvalue weighted by Gasteiger charge is -2.03. The van der Waals surface area contributed by atoms with E-state index in [2.05, 4.69) is 0 Å². The summed E-state index contributed by atoms with van der Waals surface area (Å²) in [5.74, 6) is -1.41. The molecule has 1 aromatic rings. The van der Waals surface area contributed by atoms with Gasteiger partial charge in [0.2, 0.25) is 0 Å². The first-order chi connectivity index (χ1) is 6.09. The highest BCUT2D eigenvalue weighted by molar-refractivity contribution is 5.68. The maximum atomic E-state index is 12.6. The first kappa shape index (κ1) is 9.31. The summed E-state index contributed by atoms with van der Waals surface area (Å²) in [5, 5.41) is 8.27. The monoisotopic (exact) mass is 185 g/mol. The Morgan fingerprint density at radius 1 is 1.62 bits per heavy atom. The molecule has 0 saturated heterocycles. The van der Waals surface area contributed by atoms with Crippen LogP contribution >= 0.6 is 0 Å². The molecule has 4 nitrogen and oxygen atoms in total. The van der Waals surface area contributed by atoms with E-state index in [0.717, 1.165) is 6.07 Å². The molecule has 0 unspecified atom stereocenters. The number of carboxylic acids is 1. The summed E-state index contributed by atoms with van der Waals surface area (Å²) in [7, 11) is 0. The van der Waals surface area contributed by atoms with E-state index in [0.29, 0.717) is 0 Å². The van der Waals surface area contributed by atoms with Gasteiger partial charge >= 0.3 is 5.97 Å². The topological polar surface area (TPSA) is 72.5 Å². The van der Waals surface area contributed by atoms with Gasteiger partial charge in [-0.3, -0.25) is 0 Å². The van der Waals surface area contributed by atoms with Crippen LogP contribution in [0.5, 0.6) is 5.75 Å². The molecule has 1 rings (SSSR count). The van der Waals surface area contributed by atoms with E-state index in [4.69, 9.17) is 15.6 Å². The predicted molar refractivity (Wildman–Crippen MR) is 43.9 cm³/mol. The number of hydrogen-bond acceptors (Lipinski definition) is 3. The van der Waals surface area contributed by atoms with E-state index in [-0.39, 0.29) is 11.4 Å². The number of anilines is 1. The number of carboxylic acid groups (broad SMARTS) is 1. The van der Waals surface area contributed by atoms with E-state index in [9.17, 15) is 9.18 Å². The van der Waals surface area contributed by atoms with Crippen LogP contribution in [-0.4, -0.2) is 17.7 Å². The van der Waals surface area contributed by atoms with Crippen molar-refractivity contribution in [1.82, 2.24) is 0 Å². The van der Waals surface area contributed by atoms with Crippen molar-refractivity contribution in [2.24, 2.45) is 0 Å². The lowest BCUT2D eigenvalue weighted by molar-refractivity contribution is -0.139. The van der Waals surface area contributed by atoms with Gasteiger partial charge in [-0.1, -0.05) is 0 Å². The number of aliphatic carboxylic acids is 1. The molecule has 0 amide bonds. The zero-order valence-corrected chi connectivity index (χ0v) is 6.66. The molecule has 0 spiro atoms. The summed E-state index contributed by atoms with van der Waals surface area (Å²) in [6.45, 7) is -0.467. The fraction of sp³-hybridized carbons (Fsp3) is 0.125. The van der Waals surface area contributed by atoms with Crippen LogP contribution in [-0.2, 0) is 4.79 Å². The summed E-state index contributed by atoms with van der Waals surface area (Å²) in [5.41, 5.74) is 5.16. The summed E-state index contributed by atoms with van der Waals surface area (Å²) < 4.78 is 17.4. The molecule has 3 N–H and O–H groups in total. The van der Waals surface area contributed by atoms with Crippen LogP contribution in [0.25, 0.3) is 0 Å². The number of benzene rings is 1. The van der Waals surface area contributed by atoms with Crippen LogP contribution in [0.2, 0.25) is 0 Å². The molecule has 0 radical (unpaired) electrons. The normalized spacial score (nSPS) is 9.62. The van der Waals surface area contributed by atoms with Crippen molar-refractivity contribution >= 4 is 11.7 Å². The fourth-order valence-corrected chi connectivity index (χ4v) is 0.757. The van der Waals surface area contributed by atoms with Crippen molar-refractivity contribution in [3.8, 4) is 5.75 Å². The molecule has 0 heterocycles. The van der Waals surface area contributed by atoms with Gasteiger partial charge in [0.15, 0.2) is 6.61 Å². The van der Waals surface area contributed by atoms with Gasteiger partial charge in [0.05, 0.1) is 5.69 Å². The zero-order valence-electron chi connectivity index (χ0n) is 6.66. The van der Waals surface area contributed by atoms with Gasteiger partial charge in [-0.05, 0) is 12.1 Å². The number of nitrogens with two attached hydrogens (primary N) is 1. The van der Waals surface area contributed by atoms with Crippen molar-refractivity contribution in [2.45, 2.75) is 0 Å². The highest BCUT2D eigenvalue weighted by Gasteiger charge is 2.02. The Morgan fingerprint density at radius 2 is 2.31 bits per heavy atom. The number of nitrogen functional groups attached to an aromatic ring is 1. The summed E-state index contributed by atoms with van der Waals surface area (Å²) in [6, 6.07) is 3.67. The molecule has 0 aliphatic heterocycles. The SMILES string of the molecule is Nc1cc(OCC(=O)O)ccc1F. The Bertz CT molecular complexity index is 327. The molecular formula is C8H8FNO3. The van der Waals surface area contributed by atoms with Gasteiger partial charge in [0, 0.05) is 6.07 Å². The van der Waals surface area contributed by atoms with E-state index in [1.807, 2.05) is 0 Å². The smallest absolute Gasteiger partial charge is 0.341 e. The Labute approximate surface area is 73.7 Å². The second-order valence-corrected chi connectivity index (χ2v) is 2.37. The third-order valence-electron chi connectivity index (χ3n) is 1.33. The Morgan fingerprint density at radius 3 is 2.85 bits per heavy atom. The Hall–Kier alpha value is -1.78. The Balaban J connectivity index is 2.68. The molecule has 1 aromatic carbocycles. The summed E-state index contributed by atoms with van der Waals surface area (Å²) in [6.07, 6.45) is 0. The minimum absolute atomic E-state index is 0.0668. The molecule has 0 atom stereocenters. The first-order valence-electron chi connectivity index (χ1n) is 3.49. The second-order valence-electron chi connectivity index (χ2n) is 2.37. The van der Waals surface area contributed by atoms with E-state index in [1.54, 1.807) is 0 Å². The lowest BCUT2D eigenvalue weighted by Crippen LogP contribution is -2.09. The van der Waals surface area contributed by atoms with Crippen LogP contribution in [0.4, 0.5) is 10.1 Å². The number of rotatable bonds is 3. The van der Waals surface area contributed by atoms with E-state index in [1.165, 1.54) is 12.1 Å². The number of ether oxygens (including phenoxy) is 1. The average Bonchev–Trinajstić information content (AvgIpc) is 2.07. The quantitative estimate of drug-likeness (QED) is 0.685. The summed E-state index contributed by atoms with van der Waals surface area (Å²) >= 11 is 0. The first-order valence-corrected chi connectivity index (χ1v) is 3.49. The van der Waals surface area contributed by atoms with Crippen molar-refractivity contribution in [3.05, 3.63) is 24.0 Å². The number of carbonyl (C=O) groups is 1. The van der Waals surface area contributed by atoms with Crippen molar-refractivity contribution in [1.29, 1.82) is 0 Å². The molecule has 13 heavy (non-hydrogen) atoms. The van der Waals surface area contributed by atoms with Gasteiger partial charge in [-0.25, -0.2) is 9.18 Å². The largest absolute Gasteiger partial charge is 0.482 e. The second kappa shape index (κ2) is 3.75. The number of hydrogen-bond donors (Lipinski definition) is 2. The maximum Gasteiger partial charge on any atom is 0.341 e. The molecular weight excluding hydrogens is 177 g/mol. The molecule has 5 heteroatoms. The zero-order chi connectivity index (χ0) is 9.84. The van der Waals surface area contributed by atoms with Gasteiger partial charge < -0.3 is 15.6 Å². The van der Waals surface area contributed by atoms with E-state index < -0.39 is 18.4 Å². The minimum atomic E-state index is -1.09. The van der Waals surface area contributed by atoms with Crippen molar-refractivity contribution in [3.63, 3.8) is 0 Å². The van der Waals surface area contributed by atoms with Crippen molar-refractivity contribution < 1.29 is 19.0 Å². The molecule has 0 fully saturated rings. The molecule has 0 bridgehead atoms. The van der Waals surface area contributed by atoms with Gasteiger partial charge in [-0.15, -0.1) is 0 Å². The van der Waals surface area contributed by atoms with Gasteiger partial charge in [-0.2, -0.15) is 0 Å². The maximum absolute atomic E-state index is 12.6. The molecule has 0 aliphatic rings. The third kappa shape index (κ3) is 2.62. The predicted octanol–water partition coefficient (Wildman–Crippen LogP) is 0.871. The van der Waals surface area contributed by atoms with Gasteiger partial charge in [0.25, 0.3) is 0 Å².